The van der Waals surface area contributed by atoms with Crippen LogP contribution in [0.5, 0.6) is 11.5 Å². The molecule has 8 nitrogen and oxygen atoms in total. The minimum atomic E-state index is -0.346. The molecule has 1 saturated heterocycles. The van der Waals surface area contributed by atoms with E-state index in [4.69, 9.17) is 23.0 Å². The number of aryl methyl sites for hydroxylation is 1. The van der Waals surface area contributed by atoms with Gasteiger partial charge >= 0.3 is 5.97 Å². The van der Waals surface area contributed by atoms with Crippen molar-refractivity contribution in [3.8, 4) is 11.5 Å². The second-order valence-corrected chi connectivity index (χ2v) is 10.7. The third kappa shape index (κ3) is 6.38. The number of hydrogen-bond donors (Lipinski definition) is 0. The molecule has 0 radical (unpaired) electrons. The van der Waals surface area contributed by atoms with Crippen LogP contribution in [-0.2, 0) is 29.3 Å². The van der Waals surface area contributed by atoms with Crippen LogP contribution in [-0.4, -0.2) is 35.5 Å². The zero-order chi connectivity index (χ0) is 28.2. The molecule has 2 aromatic carbocycles. The van der Waals surface area contributed by atoms with Crippen LogP contribution < -0.4 is 9.47 Å². The van der Waals surface area contributed by atoms with E-state index in [1.165, 1.54) is 18.9 Å². The third-order valence-electron chi connectivity index (χ3n) is 7.55. The predicted octanol–water partition coefficient (Wildman–Crippen LogP) is 6.82. The van der Waals surface area contributed by atoms with Crippen molar-refractivity contribution in [1.29, 1.82) is 0 Å². The van der Waals surface area contributed by atoms with Crippen molar-refractivity contribution in [2.75, 3.05) is 19.7 Å². The Morgan fingerprint density at radius 1 is 1.05 bits per heavy atom. The number of piperidine rings is 1. The highest BCUT2D eigenvalue weighted by atomic mass is 16.5. The van der Waals surface area contributed by atoms with E-state index in [1.54, 1.807) is 0 Å². The molecule has 0 saturated carbocycles. The summed E-state index contributed by atoms with van der Waals surface area (Å²) in [5.41, 5.74) is 3.77. The smallest absolute Gasteiger partial charge is 0.303 e. The molecule has 3 aromatic heterocycles. The number of furan rings is 2. The van der Waals surface area contributed by atoms with Gasteiger partial charge in [0.2, 0.25) is 0 Å². The highest BCUT2D eigenvalue weighted by Gasteiger charge is 2.22. The van der Waals surface area contributed by atoms with Crippen LogP contribution in [0.2, 0.25) is 0 Å². The highest BCUT2D eigenvalue weighted by molar-refractivity contribution is 5.88. The summed E-state index contributed by atoms with van der Waals surface area (Å²) in [6.45, 7) is 7.53. The van der Waals surface area contributed by atoms with Crippen molar-refractivity contribution < 1.29 is 27.8 Å². The number of fused-ring (bicyclic) bond motifs is 2. The second kappa shape index (κ2) is 12.1. The van der Waals surface area contributed by atoms with E-state index in [0.29, 0.717) is 29.6 Å². The summed E-state index contributed by atoms with van der Waals surface area (Å²) in [5.74, 6) is 3.02. The van der Waals surface area contributed by atoms with E-state index >= 15 is 0 Å². The molecule has 0 spiro atoms. The molecule has 0 N–H and O–H groups in total. The first-order chi connectivity index (χ1) is 20.0. The highest BCUT2D eigenvalue weighted by Crippen LogP contribution is 2.35. The van der Waals surface area contributed by atoms with Crippen molar-refractivity contribution in [2.45, 2.75) is 46.4 Å². The second-order valence-electron chi connectivity index (χ2n) is 10.7. The number of aromatic nitrogens is 1. The summed E-state index contributed by atoms with van der Waals surface area (Å²) in [6.07, 6.45) is 6.10. The van der Waals surface area contributed by atoms with Crippen molar-refractivity contribution in [1.82, 2.24) is 9.88 Å². The van der Waals surface area contributed by atoms with Gasteiger partial charge in [0.05, 0.1) is 12.0 Å². The molecule has 6 rings (SSSR count). The van der Waals surface area contributed by atoms with Crippen molar-refractivity contribution >= 4 is 27.9 Å². The van der Waals surface area contributed by atoms with E-state index in [2.05, 4.69) is 16.0 Å². The van der Waals surface area contributed by atoms with Gasteiger partial charge in [-0.15, -0.1) is 0 Å². The van der Waals surface area contributed by atoms with Gasteiger partial charge in [-0.2, -0.15) is 0 Å². The summed E-state index contributed by atoms with van der Waals surface area (Å²) in [5, 5.41) is 1.87. The van der Waals surface area contributed by atoms with Gasteiger partial charge in [0.1, 0.15) is 47.4 Å². The van der Waals surface area contributed by atoms with E-state index in [9.17, 15) is 4.79 Å². The van der Waals surface area contributed by atoms with E-state index in [1.807, 2.05) is 67.8 Å². The summed E-state index contributed by atoms with van der Waals surface area (Å²) >= 11 is 0. The first-order valence-electron chi connectivity index (χ1n) is 14.1. The topological polar surface area (TPSA) is 87.2 Å². The molecule has 5 aromatic rings. The van der Waals surface area contributed by atoms with Crippen LogP contribution in [0.15, 0.2) is 75.8 Å². The van der Waals surface area contributed by atoms with E-state index in [0.717, 1.165) is 59.5 Å². The fraction of sp³-hybridized carbons (Fsp3) is 0.333. The Labute approximate surface area is 238 Å². The van der Waals surface area contributed by atoms with Gasteiger partial charge in [0, 0.05) is 49.3 Å². The van der Waals surface area contributed by atoms with Crippen molar-refractivity contribution in [2.24, 2.45) is 5.92 Å². The molecule has 1 atom stereocenters. The number of carbonyl (C=O) groups excluding carboxylic acids is 1. The quantitative estimate of drug-likeness (QED) is 0.174. The fourth-order valence-electron chi connectivity index (χ4n) is 5.52. The average molecular weight is 555 g/mol. The molecule has 1 aliphatic heterocycles. The Kier molecular flexibility index (Phi) is 7.91. The van der Waals surface area contributed by atoms with Gasteiger partial charge in [-0.25, -0.2) is 0 Å². The first kappa shape index (κ1) is 26.9. The van der Waals surface area contributed by atoms with Gasteiger partial charge in [0.15, 0.2) is 0 Å². The number of nitrogens with zero attached hydrogens (tertiary/aromatic N) is 2. The monoisotopic (exact) mass is 554 g/mol. The number of pyridine rings is 1. The maximum absolute atomic E-state index is 11.1. The third-order valence-corrected chi connectivity index (χ3v) is 7.55. The lowest BCUT2D eigenvalue weighted by Gasteiger charge is -2.32. The zero-order valence-corrected chi connectivity index (χ0v) is 23.4. The molecule has 1 unspecified atom stereocenters. The predicted molar refractivity (Wildman–Crippen MR) is 155 cm³/mol. The number of rotatable bonds is 10. The Morgan fingerprint density at radius 2 is 1.98 bits per heavy atom. The molecule has 41 heavy (non-hydrogen) atoms. The number of benzene rings is 2. The normalized spacial score (nSPS) is 15.8. The SMILES string of the molecule is CC(=O)OCc1cc2cc(OCc3oc4cccc(OCC5CCCN(Cc6cccnc6)C5)c4c3C)ccc2o1. The average Bonchev–Trinajstić information content (AvgIpc) is 3.54. The van der Waals surface area contributed by atoms with Crippen LogP contribution in [0, 0.1) is 12.8 Å². The minimum absolute atomic E-state index is 0.104. The minimum Gasteiger partial charge on any atom is -0.492 e. The maximum Gasteiger partial charge on any atom is 0.303 e. The van der Waals surface area contributed by atoms with Gasteiger partial charge < -0.3 is 23.0 Å². The molecule has 212 valence electrons. The lowest BCUT2D eigenvalue weighted by atomic mass is 9.98. The fourth-order valence-corrected chi connectivity index (χ4v) is 5.52. The zero-order valence-electron chi connectivity index (χ0n) is 23.4. The number of esters is 1. The van der Waals surface area contributed by atoms with Gasteiger partial charge in [-0.3, -0.25) is 14.7 Å². The number of likely N-dealkylation sites (tertiary alicyclic amines) is 1. The first-order valence-corrected chi connectivity index (χ1v) is 14.1. The molecule has 0 bridgehead atoms. The number of hydrogen-bond acceptors (Lipinski definition) is 8. The summed E-state index contributed by atoms with van der Waals surface area (Å²) in [4.78, 5) is 17.8. The van der Waals surface area contributed by atoms with Crippen LogP contribution in [0.25, 0.3) is 21.9 Å². The van der Waals surface area contributed by atoms with Gasteiger partial charge in [0.25, 0.3) is 0 Å². The molecule has 0 amide bonds. The van der Waals surface area contributed by atoms with Gasteiger partial charge in [-0.05, 0) is 74.3 Å². The van der Waals surface area contributed by atoms with Crippen LogP contribution >= 0.6 is 0 Å². The standard InChI is InChI=1S/C33H34N2O6/c1-22-32(21-38-27-10-11-29-26(14-27)15-28(40-29)20-37-23(2)36)41-31-9-3-8-30(33(22)31)39-19-25-7-5-13-35(18-25)17-24-6-4-12-34-16-24/h3-4,6,8-12,14-16,25H,5,7,13,17-21H2,1-2H3. The lowest BCUT2D eigenvalue weighted by Crippen LogP contribution is -2.37. The maximum atomic E-state index is 11.1. The molecule has 4 heterocycles. The van der Waals surface area contributed by atoms with Crippen LogP contribution in [0.4, 0.5) is 0 Å². The summed E-state index contributed by atoms with van der Waals surface area (Å²) in [6, 6.07) is 17.6. The molecular formula is C33H34N2O6. The van der Waals surface area contributed by atoms with Crippen LogP contribution in [0.3, 0.4) is 0 Å². The Hall–Kier alpha value is -4.30. The largest absolute Gasteiger partial charge is 0.492 e. The number of ether oxygens (including phenoxy) is 3. The summed E-state index contributed by atoms with van der Waals surface area (Å²) in [7, 11) is 0. The summed E-state index contributed by atoms with van der Waals surface area (Å²) < 4.78 is 29.5. The molecular weight excluding hydrogens is 520 g/mol. The number of carbonyl (C=O) groups is 1. The Balaban J connectivity index is 1.09. The van der Waals surface area contributed by atoms with Gasteiger partial charge in [-0.1, -0.05) is 12.1 Å². The Bertz CT molecular complexity index is 1640. The van der Waals surface area contributed by atoms with E-state index < -0.39 is 0 Å². The van der Waals surface area contributed by atoms with Crippen LogP contribution in [0.1, 0.15) is 42.4 Å². The molecule has 1 aliphatic rings. The molecule has 8 heteroatoms. The van der Waals surface area contributed by atoms with E-state index in [-0.39, 0.29) is 19.2 Å². The lowest BCUT2D eigenvalue weighted by molar-refractivity contribution is -0.142. The molecule has 0 aliphatic carbocycles. The Morgan fingerprint density at radius 3 is 2.83 bits per heavy atom. The van der Waals surface area contributed by atoms with Crippen molar-refractivity contribution in [3.05, 3.63) is 89.6 Å². The van der Waals surface area contributed by atoms with Crippen molar-refractivity contribution in [3.63, 3.8) is 0 Å². The molecule has 1 fully saturated rings.